The molecule has 0 bridgehead atoms. The van der Waals surface area contributed by atoms with Crippen molar-refractivity contribution in [2.24, 2.45) is 0 Å². The van der Waals surface area contributed by atoms with Gasteiger partial charge in [-0.1, -0.05) is 0 Å². The molecule has 3 nitrogen and oxygen atoms in total. The van der Waals surface area contributed by atoms with Crippen LogP contribution in [-0.4, -0.2) is 17.6 Å². The molecule has 3 rings (SSSR count). The number of halogens is 2. The van der Waals surface area contributed by atoms with Gasteiger partial charge in [0.1, 0.15) is 0 Å². The van der Waals surface area contributed by atoms with Crippen LogP contribution in [-0.2, 0) is 6.54 Å². The van der Waals surface area contributed by atoms with E-state index in [1.807, 2.05) is 28.7 Å². The Balaban J connectivity index is 1.93. The summed E-state index contributed by atoms with van der Waals surface area (Å²) in [7, 11) is 0. The largest absolute Gasteiger partial charge is 0.368 e. The summed E-state index contributed by atoms with van der Waals surface area (Å²) in [6.07, 6.45) is 2.05. The minimum atomic E-state index is -0.649. The SMILES string of the molecule is CCNc1nc(N(Cc2ccsc2)C2CC2)c(F)cc1F. The van der Waals surface area contributed by atoms with E-state index in [4.69, 9.17) is 0 Å². The molecule has 2 aromatic heterocycles. The van der Waals surface area contributed by atoms with E-state index in [2.05, 4.69) is 10.3 Å². The predicted molar refractivity (Wildman–Crippen MR) is 81.8 cm³/mol. The molecular formula is C15H17F2N3S. The second kappa shape index (κ2) is 5.97. The Labute approximate surface area is 126 Å². The highest BCUT2D eigenvalue weighted by molar-refractivity contribution is 7.07. The van der Waals surface area contributed by atoms with Crippen LogP contribution in [0, 0.1) is 11.6 Å². The zero-order valence-corrected chi connectivity index (χ0v) is 12.6. The molecule has 1 N–H and O–H groups in total. The summed E-state index contributed by atoms with van der Waals surface area (Å²) in [5.74, 6) is -0.897. The van der Waals surface area contributed by atoms with Gasteiger partial charge < -0.3 is 10.2 Å². The molecule has 1 fully saturated rings. The van der Waals surface area contributed by atoms with Crippen LogP contribution < -0.4 is 10.2 Å². The summed E-state index contributed by atoms with van der Waals surface area (Å²) >= 11 is 1.61. The van der Waals surface area contributed by atoms with Gasteiger partial charge in [0.15, 0.2) is 23.3 Å². The lowest BCUT2D eigenvalue weighted by atomic mass is 10.3. The Kier molecular flexibility index (Phi) is 4.05. The Morgan fingerprint density at radius 3 is 2.81 bits per heavy atom. The van der Waals surface area contributed by atoms with E-state index in [-0.39, 0.29) is 11.6 Å². The van der Waals surface area contributed by atoms with Crippen LogP contribution in [0.25, 0.3) is 0 Å². The van der Waals surface area contributed by atoms with E-state index in [0.29, 0.717) is 19.1 Å². The van der Waals surface area contributed by atoms with Gasteiger partial charge >= 0.3 is 0 Å². The lowest BCUT2D eigenvalue weighted by Gasteiger charge is -2.24. The number of rotatable bonds is 6. The van der Waals surface area contributed by atoms with Crippen molar-refractivity contribution in [3.63, 3.8) is 0 Å². The molecule has 0 aromatic carbocycles. The van der Waals surface area contributed by atoms with Crippen molar-refractivity contribution in [1.29, 1.82) is 0 Å². The second-order valence-corrected chi connectivity index (χ2v) is 5.93. The van der Waals surface area contributed by atoms with Crippen LogP contribution in [0.4, 0.5) is 20.4 Å². The van der Waals surface area contributed by atoms with E-state index in [1.165, 1.54) is 0 Å². The van der Waals surface area contributed by atoms with E-state index < -0.39 is 11.6 Å². The van der Waals surface area contributed by atoms with Crippen molar-refractivity contribution >= 4 is 23.0 Å². The van der Waals surface area contributed by atoms with Gasteiger partial charge in [0.2, 0.25) is 0 Å². The number of hydrogen-bond donors (Lipinski definition) is 1. The van der Waals surface area contributed by atoms with Crippen molar-refractivity contribution in [3.05, 3.63) is 40.1 Å². The van der Waals surface area contributed by atoms with Gasteiger partial charge in [0.25, 0.3) is 0 Å². The fourth-order valence-corrected chi connectivity index (χ4v) is 2.95. The third-order valence-electron chi connectivity index (χ3n) is 3.45. The van der Waals surface area contributed by atoms with Crippen molar-refractivity contribution in [2.45, 2.75) is 32.4 Å². The highest BCUT2D eigenvalue weighted by Gasteiger charge is 2.32. The first-order valence-electron chi connectivity index (χ1n) is 7.06. The molecule has 6 heteroatoms. The molecule has 0 radical (unpaired) electrons. The Bertz CT molecular complexity index is 612. The highest BCUT2D eigenvalue weighted by Crippen LogP contribution is 2.34. The molecule has 0 aliphatic heterocycles. The van der Waals surface area contributed by atoms with Gasteiger partial charge in [-0.25, -0.2) is 13.8 Å². The number of anilines is 2. The molecule has 21 heavy (non-hydrogen) atoms. The van der Waals surface area contributed by atoms with Crippen molar-refractivity contribution in [3.8, 4) is 0 Å². The predicted octanol–water partition coefficient (Wildman–Crippen LogP) is 4.02. The summed E-state index contributed by atoms with van der Waals surface area (Å²) in [5.41, 5.74) is 1.13. The summed E-state index contributed by atoms with van der Waals surface area (Å²) in [6, 6.07) is 3.24. The quantitative estimate of drug-likeness (QED) is 0.873. The van der Waals surface area contributed by atoms with Crippen LogP contribution in [0.2, 0.25) is 0 Å². The fraction of sp³-hybridized carbons (Fsp3) is 0.400. The minimum absolute atomic E-state index is 0.116. The number of aromatic nitrogens is 1. The maximum Gasteiger partial charge on any atom is 0.168 e. The van der Waals surface area contributed by atoms with Crippen molar-refractivity contribution in [2.75, 3.05) is 16.8 Å². The third-order valence-corrected chi connectivity index (χ3v) is 4.18. The number of nitrogens with one attached hydrogen (secondary N) is 1. The standard InChI is InChI=1S/C15H17F2N3S/c1-2-18-14-12(16)7-13(17)15(19-14)20(11-3-4-11)8-10-5-6-21-9-10/h5-7,9,11H,2-4,8H2,1H3,(H,18,19). The molecule has 1 saturated carbocycles. The molecule has 112 valence electrons. The lowest BCUT2D eigenvalue weighted by Crippen LogP contribution is -2.27. The molecular weight excluding hydrogens is 292 g/mol. The smallest absolute Gasteiger partial charge is 0.168 e. The van der Waals surface area contributed by atoms with Crippen LogP contribution in [0.5, 0.6) is 0 Å². The lowest BCUT2D eigenvalue weighted by molar-refractivity contribution is 0.567. The Hall–Kier alpha value is -1.69. The maximum absolute atomic E-state index is 14.2. The average Bonchev–Trinajstić information content (AvgIpc) is 3.17. The molecule has 0 amide bonds. The molecule has 2 aromatic rings. The van der Waals surface area contributed by atoms with Crippen molar-refractivity contribution < 1.29 is 8.78 Å². The van der Waals surface area contributed by atoms with Gasteiger partial charge in [0.05, 0.1) is 0 Å². The van der Waals surface area contributed by atoms with Gasteiger partial charge in [-0.3, -0.25) is 0 Å². The zero-order chi connectivity index (χ0) is 14.8. The first-order valence-corrected chi connectivity index (χ1v) is 8.01. The number of thiophene rings is 1. The average molecular weight is 309 g/mol. The summed E-state index contributed by atoms with van der Waals surface area (Å²) in [5, 5.41) is 6.88. The molecule has 0 atom stereocenters. The fourth-order valence-electron chi connectivity index (χ4n) is 2.29. The minimum Gasteiger partial charge on any atom is -0.368 e. The van der Waals surface area contributed by atoms with Gasteiger partial charge in [-0.05, 0) is 42.2 Å². The summed E-state index contributed by atoms with van der Waals surface area (Å²) in [4.78, 5) is 6.11. The Morgan fingerprint density at radius 2 is 2.19 bits per heavy atom. The third kappa shape index (κ3) is 3.15. The number of nitrogens with zero attached hydrogens (tertiary/aromatic N) is 2. The molecule has 0 unspecified atom stereocenters. The van der Waals surface area contributed by atoms with Gasteiger partial charge in [-0.2, -0.15) is 11.3 Å². The maximum atomic E-state index is 14.2. The second-order valence-electron chi connectivity index (χ2n) is 5.15. The molecule has 2 heterocycles. The Morgan fingerprint density at radius 1 is 1.38 bits per heavy atom. The van der Waals surface area contributed by atoms with E-state index in [0.717, 1.165) is 24.5 Å². The van der Waals surface area contributed by atoms with E-state index >= 15 is 0 Å². The van der Waals surface area contributed by atoms with Gasteiger partial charge in [0, 0.05) is 25.2 Å². The topological polar surface area (TPSA) is 28.2 Å². The first-order chi connectivity index (χ1) is 10.2. The highest BCUT2D eigenvalue weighted by atomic mass is 32.1. The normalized spacial score (nSPS) is 14.2. The number of hydrogen-bond acceptors (Lipinski definition) is 4. The van der Waals surface area contributed by atoms with Crippen LogP contribution in [0.3, 0.4) is 0 Å². The molecule has 1 aliphatic rings. The zero-order valence-electron chi connectivity index (χ0n) is 11.8. The van der Waals surface area contributed by atoms with E-state index in [1.54, 1.807) is 11.3 Å². The molecule has 1 aliphatic carbocycles. The van der Waals surface area contributed by atoms with Crippen LogP contribution >= 0.6 is 11.3 Å². The van der Waals surface area contributed by atoms with E-state index in [9.17, 15) is 8.78 Å². The molecule has 0 saturated heterocycles. The van der Waals surface area contributed by atoms with Crippen LogP contribution in [0.15, 0.2) is 22.9 Å². The van der Waals surface area contributed by atoms with Gasteiger partial charge in [-0.15, -0.1) is 0 Å². The summed E-state index contributed by atoms with van der Waals surface area (Å²) in [6.45, 7) is 3.01. The number of pyridine rings is 1. The van der Waals surface area contributed by atoms with Crippen LogP contribution in [0.1, 0.15) is 25.3 Å². The molecule has 0 spiro atoms. The van der Waals surface area contributed by atoms with Crippen molar-refractivity contribution in [1.82, 2.24) is 4.98 Å². The summed E-state index contributed by atoms with van der Waals surface area (Å²) < 4.78 is 27.9. The monoisotopic (exact) mass is 309 g/mol. The first kappa shape index (κ1) is 14.3.